The second-order valence-electron chi connectivity index (χ2n) is 7.37. The number of ether oxygens (including phenoxy) is 1. The summed E-state index contributed by atoms with van der Waals surface area (Å²) in [5.41, 5.74) is -0.435. The van der Waals surface area contributed by atoms with Gasteiger partial charge in [-0.05, 0) is 37.8 Å². The molecule has 3 rings (SSSR count). The maximum atomic E-state index is 13.9. The Morgan fingerprint density at radius 2 is 1.90 bits per heavy atom. The van der Waals surface area contributed by atoms with E-state index < -0.39 is 29.2 Å². The molecule has 0 spiro atoms. The van der Waals surface area contributed by atoms with Gasteiger partial charge in [-0.25, -0.2) is 8.78 Å². The molecule has 1 heterocycles. The van der Waals surface area contributed by atoms with Crippen LogP contribution in [0.25, 0.3) is 5.57 Å². The van der Waals surface area contributed by atoms with Crippen molar-refractivity contribution < 1.29 is 23.1 Å². The first-order valence-electron chi connectivity index (χ1n) is 9.25. The van der Waals surface area contributed by atoms with Crippen LogP contribution in [0.5, 0.6) is 0 Å². The first-order chi connectivity index (χ1) is 14.2. The van der Waals surface area contributed by atoms with Crippen molar-refractivity contribution in [3.63, 3.8) is 0 Å². The van der Waals surface area contributed by atoms with Crippen molar-refractivity contribution in [1.82, 2.24) is 5.32 Å². The maximum Gasteiger partial charge on any atom is 0.258 e. The van der Waals surface area contributed by atoms with E-state index in [2.05, 4.69) is 10.6 Å². The number of hydrogen-bond acceptors (Lipinski definition) is 4. The van der Waals surface area contributed by atoms with Crippen LogP contribution in [0, 0.1) is 17.0 Å². The largest absolute Gasteiger partial charge is 0.472 e. The third kappa shape index (κ3) is 4.48. The van der Waals surface area contributed by atoms with Gasteiger partial charge in [-0.1, -0.05) is 30.3 Å². The molecule has 1 unspecified atom stereocenters. The molecule has 1 aliphatic rings. The van der Waals surface area contributed by atoms with E-state index in [1.165, 1.54) is 11.8 Å². The van der Waals surface area contributed by atoms with Crippen molar-refractivity contribution in [3.05, 3.63) is 71.5 Å². The maximum absolute atomic E-state index is 13.9. The van der Waals surface area contributed by atoms with Gasteiger partial charge in [-0.3, -0.25) is 9.59 Å². The molecule has 0 saturated heterocycles. The highest BCUT2D eigenvalue weighted by Gasteiger charge is 2.43. The molecule has 0 aromatic heterocycles. The van der Waals surface area contributed by atoms with Crippen molar-refractivity contribution in [1.29, 1.82) is 0 Å². The summed E-state index contributed by atoms with van der Waals surface area (Å²) >= 11 is 1.48. The highest BCUT2D eigenvalue weighted by atomic mass is 32.2. The molecule has 0 saturated carbocycles. The second-order valence-corrected chi connectivity index (χ2v) is 8.23. The third-order valence-corrected chi connectivity index (χ3v) is 5.33. The lowest BCUT2D eigenvalue weighted by Gasteiger charge is -2.37. The average molecular weight is 432 g/mol. The van der Waals surface area contributed by atoms with Crippen LogP contribution in [-0.4, -0.2) is 30.1 Å². The summed E-state index contributed by atoms with van der Waals surface area (Å²) in [7, 11) is 0. The number of thioether (sulfide) groups is 1. The molecule has 1 atom stereocenters. The van der Waals surface area contributed by atoms with Crippen LogP contribution in [-0.2, 0) is 14.3 Å². The zero-order chi connectivity index (χ0) is 21.9. The summed E-state index contributed by atoms with van der Waals surface area (Å²) in [6.07, 6.45) is 0.890. The Bertz CT molecular complexity index is 993. The Hall–Kier alpha value is -2.87. The summed E-state index contributed by atoms with van der Waals surface area (Å²) in [6.45, 7) is 3.13. The van der Waals surface area contributed by atoms with Gasteiger partial charge in [0.2, 0.25) is 5.91 Å². The topological polar surface area (TPSA) is 67.4 Å². The number of halogens is 2. The molecule has 2 amide bonds. The van der Waals surface area contributed by atoms with Gasteiger partial charge in [0.1, 0.15) is 17.4 Å². The molecule has 158 valence electrons. The zero-order valence-electron chi connectivity index (χ0n) is 16.8. The first kappa shape index (κ1) is 21.8. The van der Waals surface area contributed by atoms with E-state index >= 15 is 0 Å². The molecule has 30 heavy (non-hydrogen) atoms. The van der Waals surface area contributed by atoms with Gasteiger partial charge in [-0.2, -0.15) is 11.8 Å². The van der Waals surface area contributed by atoms with Crippen molar-refractivity contribution in [2.45, 2.75) is 20.1 Å². The molecule has 5 nitrogen and oxygen atoms in total. The number of rotatable bonds is 6. The highest BCUT2D eigenvalue weighted by Crippen LogP contribution is 2.33. The van der Waals surface area contributed by atoms with Crippen molar-refractivity contribution in [2.24, 2.45) is 5.41 Å². The van der Waals surface area contributed by atoms with Crippen LogP contribution < -0.4 is 10.6 Å². The minimum atomic E-state index is -1.28. The highest BCUT2D eigenvalue weighted by molar-refractivity contribution is 7.98. The quantitative estimate of drug-likeness (QED) is 0.719. The minimum Gasteiger partial charge on any atom is -0.472 e. The number of hydrogen-bond donors (Lipinski definition) is 2. The number of carbonyl (C=O) groups excluding carboxylic acids is 2. The fourth-order valence-electron chi connectivity index (χ4n) is 3.01. The number of nitrogens with one attached hydrogen (secondary N) is 2. The average Bonchev–Trinajstić information content (AvgIpc) is 2.71. The van der Waals surface area contributed by atoms with Gasteiger partial charge < -0.3 is 15.4 Å². The van der Waals surface area contributed by atoms with Crippen molar-refractivity contribution in [2.75, 3.05) is 17.3 Å². The van der Waals surface area contributed by atoms with Gasteiger partial charge >= 0.3 is 0 Å². The Kier molecular flexibility index (Phi) is 6.45. The molecule has 2 aromatic rings. The number of amides is 2. The lowest BCUT2D eigenvalue weighted by molar-refractivity contribution is -0.137. The van der Waals surface area contributed by atoms with Gasteiger partial charge in [0.25, 0.3) is 5.91 Å². The van der Waals surface area contributed by atoms with Crippen molar-refractivity contribution >= 4 is 34.8 Å². The monoisotopic (exact) mass is 432 g/mol. The Balaban J connectivity index is 1.88. The van der Waals surface area contributed by atoms with Crippen LogP contribution in [0.1, 0.15) is 19.4 Å². The molecular weight excluding hydrogens is 410 g/mol. The van der Waals surface area contributed by atoms with Crippen LogP contribution in [0.3, 0.4) is 0 Å². The van der Waals surface area contributed by atoms with Crippen LogP contribution in [0.15, 0.2) is 54.3 Å². The fraction of sp³-hybridized carbons (Fsp3) is 0.273. The van der Waals surface area contributed by atoms with Gasteiger partial charge in [0, 0.05) is 6.07 Å². The molecule has 8 heteroatoms. The van der Waals surface area contributed by atoms with E-state index in [-0.39, 0.29) is 11.6 Å². The van der Waals surface area contributed by atoms with Crippen molar-refractivity contribution in [3.8, 4) is 0 Å². The zero-order valence-corrected chi connectivity index (χ0v) is 17.6. The molecular formula is C22H22F2N2O3S. The normalized spacial score (nSPS) is 16.7. The number of benzene rings is 2. The van der Waals surface area contributed by atoms with Gasteiger partial charge in [0.15, 0.2) is 6.23 Å². The van der Waals surface area contributed by atoms with Crippen LogP contribution in [0.2, 0.25) is 0 Å². The van der Waals surface area contributed by atoms with E-state index in [1.807, 2.05) is 36.6 Å². The molecule has 2 N–H and O–H groups in total. The predicted molar refractivity (Wildman–Crippen MR) is 114 cm³/mol. The van der Waals surface area contributed by atoms with Crippen LogP contribution >= 0.6 is 11.8 Å². The minimum absolute atomic E-state index is 0.278. The summed E-state index contributed by atoms with van der Waals surface area (Å²) in [5, 5.41) is 5.12. The summed E-state index contributed by atoms with van der Waals surface area (Å²) in [4.78, 5) is 25.8. The summed E-state index contributed by atoms with van der Waals surface area (Å²) < 4.78 is 33.4. The number of anilines is 1. The molecule has 2 aromatic carbocycles. The van der Waals surface area contributed by atoms with E-state index in [4.69, 9.17) is 4.74 Å². The molecule has 0 radical (unpaired) electrons. The van der Waals surface area contributed by atoms with Gasteiger partial charge in [-0.15, -0.1) is 0 Å². The first-order valence-corrected chi connectivity index (χ1v) is 10.6. The SMILES string of the molecule is CSCC1=C(c2ccccc2)C(=O)NC(C(C)(C)C(=O)Nc2cc(F)ccc2F)O1. The van der Waals surface area contributed by atoms with E-state index in [0.717, 1.165) is 18.2 Å². The van der Waals surface area contributed by atoms with E-state index in [0.29, 0.717) is 22.6 Å². The van der Waals surface area contributed by atoms with Crippen LogP contribution in [0.4, 0.5) is 14.5 Å². The third-order valence-electron chi connectivity index (χ3n) is 4.78. The predicted octanol–water partition coefficient (Wildman–Crippen LogP) is 4.18. The molecule has 0 fully saturated rings. The fourth-order valence-corrected chi connectivity index (χ4v) is 3.48. The Morgan fingerprint density at radius 3 is 2.57 bits per heavy atom. The lowest BCUT2D eigenvalue weighted by Crippen LogP contribution is -2.54. The second kappa shape index (κ2) is 8.87. The van der Waals surface area contributed by atoms with E-state index in [9.17, 15) is 18.4 Å². The molecule has 1 aliphatic heterocycles. The Labute approximate surface area is 177 Å². The summed E-state index contributed by atoms with van der Waals surface area (Å²) in [6, 6.07) is 11.9. The molecule has 0 aliphatic carbocycles. The smallest absolute Gasteiger partial charge is 0.258 e. The van der Waals surface area contributed by atoms with E-state index in [1.54, 1.807) is 13.8 Å². The Morgan fingerprint density at radius 1 is 1.20 bits per heavy atom. The lowest BCUT2D eigenvalue weighted by atomic mass is 9.88. The summed E-state index contributed by atoms with van der Waals surface area (Å²) in [5.74, 6) is -1.53. The van der Waals surface area contributed by atoms with Gasteiger partial charge in [0.05, 0.1) is 22.4 Å². The number of carbonyl (C=O) groups is 2. The standard InChI is InChI=1S/C22H22F2N2O3S/c1-22(2,20(28)25-16-11-14(23)9-10-15(16)24)21-26-19(27)18(17(29-21)12-30-3)13-7-5-4-6-8-13/h4-11,21H,12H2,1-3H3,(H,25,28)(H,26,27). The molecule has 0 bridgehead atoms.